The first-order chi connectivity index (χ1) is 9.16. The Kier molecular flexibility index (Phi) is 3.80. The Balaban J connectivity index is 1.90. The van der Waals surface area contributed by atoms with Gasteiger partial charge in [-0.1, -0.05) is 20.8 Å². The minimum absolute atomic E-state index is 0.153. The number of amides is 1. The van der Waals surface area contributed by atoms with E-state index in [1.54, 1.807) is 6.20 Å². The van der Waals surface area contributed by atoms with Crippen molar-refractivity contribution < 1.29 is 9.53 Å². The predicted molar refractivity (Wildman–Crippen MR) is 77.4 cm³/mol. The number of hydrogen-bond donors (Lipinski definition) is 1. The highest BCUT2D eigenvalue weighted by Crippen LogP contribution is 2.29. The predicted octanol–water partition coefficient (Wildman–Crippen LogP) is 3.27. The van der Waals surface area contributed by atoms with Crippen LogP contribution in [0.1, 0.15) is 59.4 Å². The second kappa shape index (κ2) is 5.11. The van der Waals surface area contributed by atoms with Gasteiger partial charge in [0.1, 0.15) is 5.82 Å². The first kappa shape index (κ1) is 14.9. The fraction of sp³-hybridized carbons (Fsp3) is 0.733. The summed E-state index contributed by atoms with van der Waals surface area (Å²) >= 11 is 0. The van der Waals surface area contributed by atoms with Crippen LogP contribution >= 0.6 is 0 Å². The molecule has 0 aromatic carbocycles. The van der Waals surface area contributed by atoms with Crippen LogP contribution in [0.2, 0.25) is 0 Å². The van der Waals surface area contributed by atoms with Crippen molar-refractivity contribution in [3.8, 4) is 0 Å². The number of nitrogens with one attached hydrogen (secondary N) is 1. The first-order valence-electron chi connectivity index (χ1n) is 7.16. The fourth-order valence-electron chi connectivity index (χ4n) is 3.10. The van der Waals surface area contributed by atoms with Crippen LogP contribution in [0, 0.1) is 5.41 Å². The molecule has 5 heteroatoms. The Bertz CT molecular complexity index is 486. The molecule has 0 radical (unpaired) electrons. The van der Waals surface area contributed by atoms with Gasteiger partial charge in [-0.3, -0.25) is 0 Å². The van der Waals surface area contributed by atoms with Gasteiger partial charge >= 0.3 is 6.09 Å². The topological polar surface area (TPSA) is 56.1 Å². The molecule has 1 aliphatic heterocycles. The smallest absolute Gasteiger partial charge is 0.408 e. The van der Waals surface area contributed by atoms with E-state index in [0.29, 0.717) is 0 Å². The molecule has 1 aliphatic rings. The van der Waals surface area contributed by atoms with E-state index in [2.05, 4.69) is 31.1 Å². The summed E-state index contributed by atoms with van der Waals surface area (Å²) in [6, 6.07) is 0. The molecule has 0 aliphatic carbocycles. The SMILES string of the molecule is CC(C)(C)CC(C)(C)NC(=O)O[C@H]1CCn2ccnc21. The highest BCUT2D eigenvalue weighted by Gasteiger charge is 2.31. The van der Waals surface area contributed by atoms with Gasteiger partial charge in [0.25, 0.3) is 0 Å². The van der Waals surface area contributed by atoms with Crippen LogP contribution in [0.25, 0.3) is 0 Å². The highest BCUT2D eigenvalue weighted by molar-refractivity contribution is 5.68. The average molecular weight is 279 g/mol. The molecule has 0 spiro atoms. The lowest BCUT2D eigenvalue weighted by Crippen LogP contribution is -2.46. The second-order valence-electron chi connectivity index (χ2n) is 7.41. The van der Waals surface area contributed by atoms with Crippen molar-refractivity contribution in [1.82, 2.24) is 14.9 Å². The Morgan fingerprint density at radius 2 is 2.15 bits per heavy atom. The Labute approximate surface area is 120 Å². The lowest BCUT2D eigenvalue weighted by atomic mass is 9.82. The number of ether oxygens (including phenoxy) is 1. The van der Waals surface area contributed by atoms with E-state index in [0.717, 1.165) is 25.2 Å². The molecular formula is C15H25N3O2. The highest BCUT2D eigenvalue weighted by atomic mass is 16.6. The van der Waals surface area contributed by atoms with E-state index in [1.807, 2.05) is 24.6 Å². The van der Waals surface area contributed by atoms with E-state index in [4.69, 9.17) is 4.74 Å². The molecule has 0 bridgehead atoms. The molecule has 1 aromatic rings. The second-order valence-corrected chi connectivity index (χ2v) is 7.41. The van der Waals surface area contributed by atoms with Crippen LogP contribution in [-0.4, -0.2) is 21.2 Å². The summed E-state index contributed by atoms with van der Waals surface area (Å²) in [6.07, 6.45) is 4.76. The number of rotatable bonds is 3. The van der Waals surface area contributed by atoms with Crippen LogP contribution < -0.4 is 5.32 Å². The van der Waals surface area contributed by atoms with E-state index < -0.39 is 0 Å². The summed E-state index contributed by atoms with van der Waals surface area (Å²) in [7, 11) is 0. The summed E-state index contributed by atoms with van der Waals surface area (Å²) in [5.74, 6) is 0.841. The standard InChI is InChI=1S/C15H25N3O2/c1-14(2,3)10-15(4,5)17-13(19)20-11-6-8-18-9-7-16-12(11)18/h7,9,11H,6,8,10H2,1-5H3,(H,17,19)/t11-/m0/s1. The third-order valence-corrected chi connectivity index (χ3v) is 3.33. The Morgan fingerprint density at radius 1 is 1.45 bits per heavy atom. The number of imidazole rings is 1. The van der Waals surface area contributed by atoms with Crippen molar-refractivity contribution in [3.05, 3.63) is 18.2 Å². The van der Waals surface area contributed by atoms with E-state index >= 15 is 0 Å². The number of hydrogen-bond acceptors (Lipinski definition) is 3. The maximum atomic E-state index is 12.1. The van der Waals surface area contributed by atoms with Gasteiger partial charge in [0, 0.05) is 30.9 Å². The van der Waals surface area contributed by atoms with Crippen molar-refractivity contribution in [2.45, 2.75) is 65.6 Å². The molecule has 1 N–H and O–H groups in total. The summed E-state index contributed by atoms with van der Waals surface area (Å²) in [6.45, 7) is 11.4. The maximum Gasteiger partial charge on any atom is 0.408 e. The van der Waals surface area contributed by atoms with Gasteiger partial charge in [0.2, 0.25) is 0 Å². The fourth-order valence-corrected chi connectivity index (χ4v) is 3.10. The van der Waals surface area contributed by atoms with Crippen molar-refractivity contribution in [3.63, 3.8) is 0 Å². The summed E-state index contributed by atoms with van der Waals surface area (Å²) in [5.41, 5.74) is -0.135. The zero-order valence-corrected chi connectivity index (χ0v) is 13.1. The van der Waals surface area contributed by atoms with E-state index in [9.17, 15) is 4.79 Å². The summed E-state index contributed by atoms with van der Waals surface area (Å²) in [5, 5.41) is 2.96. The van der Waals surface area contributed by atoms with Gasteiger partial charge in [0.05, 0.1) is 0 Å². The molecule has 0 saturated heterocycles. The Hall–Kier alpha value is -1.52. The normalized spacial score (nSPS) is 18.8. The van der Waals surface area contributed by atoms with Gasteiger partial charge in [0.15, 0.2) is 6.10 Å². The van der Waals surface area contributed by atoms with Gasteiger partial charge < -0.3 is 14.6 Å². The first-order valence-corrected chi connectivity index (χ1v) is 7.16. The minimum Gasteiger partial charge on any atom is -0.438 e. The minimum atomic E-state index is -0.360. The number of fused-ring (bicyclic) bond motifs is 1. The van der Waals surface area contributed by atoms with Crippen LogP contribution in [0.5, 0.6) is 0 Å². The maximum absolute atomic E-state index is 12.1. The molecule has 0 unspecified atom stereocenters. The number of alkyl carbamates (subject to hydrolysis) is 1. The van der Waals surface area contributed by atoms with Crippen LogP contribution in [-0.2, 0) is 11.3 Å². The zero-order valence-electron chi connectivity index (χ0n) is 13.1. The van der Waals surface area contributed by atoms with Crippen LogP contribution in [0.4, 0.5) is 4.79 Å². The monoisotopic (exact) mass is 279 g/mol. The molecule has 5 nitrogen and oxygen atoms in total. The van der Waals surface area contributed by atoms with E-state index in [-0.39, 0.29) is 23.2 Å². The largest absolute Gasteiger partial charge is 0.438 e. The van der Waals surface area contributed by atoms with Gasteiger partial charge in [-0.15, -0.1) is 0 Å². The molecule has 1 amide bonds. The quantitative estimate of drug-likeness (QED) is 0.924. The average Bonchev–Trinajstić information content (AvgIpc) is 2.77. The molecule has 20 heavy (non-hydrogen) atoms. The lowest BCUT2D eigenvalue weighted by molar-refractivity contribution is 0.0847. The number of carbonyl (C=O) groups excluding carboxylic acids is 1. The Morgan fingerprint density at radius 3 is 2.80 bits per heavy atom. The van der Waals surface area contributed by atoms with Gasteiger partial charge in [-0.05, 0) is 25.7 Å². The molecular weight excluding hydrogens is 254 g/mol. The number of aromatic nitrogens is 2. The molecule has 0 fully saturated rings. The van der Waals surface area contributed by atoms with Crippen LogP contribution in [0.15, 0.2) is 12.4 Å². The molecule has 112 valence electrons. The lowest BCUT2D eigenvalue weighted by Gasteiger charge is -2.33. The number of nitrogens with zero attached hydrogens (tertiary/aromatic N) is 2. The van der Waals surface area contributed by atoms with Crippen molar-refractivity contribution in [2.75, 3.05) is 0 Å². The molecule has 2 heterocycles. The molecule has 0 saturated carbocycles. The van der Waals surface area contributed by atoms with Crippen molar-refractivity contribution in [2.24, 2.45) is 5.41 Å². The van der Waals surface area contributed by atoms with Gasteiger partial charge in [-0.2, -0.15) is 0 Å². The van der Waals surface area contributed by atoms with Crippen molar-refractivity contribution in [1.29, 1.82) is 0 Å². The van der Waals surface area contributed by atoms with E-state index in [1.165, 1.54) is 0 Å². The molecule has 1 atom stereocenters. The van der Waals surface area contributed by atoms with Gasteiger partial charge in [-0.25, -0.2) is 9.78 Å². The molecule has 2 rings (SSSR count). The molecule has 1 aromatic heterocycles. The van der Waals surface area contributed by atoms with Crippen molar-refractivity contribution >= 4 is 6.09 Å². The van der Waals surface area contributed by atoms with Crippen LogP contribution in [0.3, 0.4) is 0 Å². The zero-order chi connectivity index (χ0) is 15.0. The summed E-state index contributed by atoms with van der Waals surface area (Å²) in [4.78, 5) is 16.3. The third kappa shape index (κ3) is 3.74. The number of carbonyl (C=O) groups is 1. The number of aryl methyl sites for hydroxylation is 1. The summed E-state index contributed by atoms with van der Waals surface area (Å²) < 4.78 is 7.54. The third-order valence-electron chi connectivity index (χ3n) is 3.33.